The van der Waals surface area contributed by atoms with E-state index in [0.717, 1.165) is 35.5 Å². The predicted octanol–water partition coefficient (Wildman–Crippen LogP) is 10.5. The van der Waals surface area contributed by atoms with Crippen molar-refractivity contribution in [2.75, 3.05) is 7.05 Å². The van der Waals surface area contributed by atoms with Crippen LogP contribution in [-0.4, -0.2) is 12.3 Å². The molecule has 2 saturated carbocycles. The lowest BCUT2D eigenvalue weighted by atomic mass is 9.59. The van der Waals surface area contributed by atoms with Crippen LogP contribution in [0.5, 0.6) is 0 Å². The molecule has 1 N–H and O–H groups in total. The molecule has 1 heterocycles. The lowest BCUT2D eigenvalue weighted by Crippen LogP contribution is -2.39. The molecule has 3 aliphatic rings. The molecular weight excluding hydrogens is 454 g/mol. The Balaban J connectivity index is 1.84. The quantitative estimate of drug-likeness (QED) is 0.262. The molecule has 208 valence electrons. The third-order valence-electron chi connectivity index (χ3n) is 11.9. The van der Waals surface area contributed by atoms with Crippen LogP contribution in [0.2, 0.25) is 0 Å². The molecule has 1 aliphatic heterocycles. The van der Waals surface area contributed by atoms with Crippen molar-refractivity contribution in [2.24, 2.45) is 51.8 Å². The highest BCUT2D eigenvalue weighted by Gasteiger charge is 2.78. The van der Waals surface area contributed by atoms with Crippen molar-refractivity contribution in [3.63, 3.8) is 0 Å². The number of fused-ring (bicyclic) bond motifs is 1. The first-order chi connectivity index (χ1) is 17.0. The molecule has 0 bridgehead atoms. The maximum absolute atomic E-state index is 4.41. The maximum Gasteiger partial charge on any atom is 0.0429 e. The average Bonchev–Trinajstić information content (AvgIpc) is 3.37. The molecule has 2 heteroatoms. The summed E-state index contributed by atoms with van der Waals surface area (Å²) in [7, 11) is 2.03. The fourth-order valence-corrected chi connectivity index (χ4v) is 11.6. The normalized spacial score (nSPS) is 36.3. The van der Waals surface area contributed by atoms with E-state index in [2.05, 4.69) is 92.0 Å². The van der Waals surface area contributed by atoms with Gasteiger partial charge in [-0.05, 0) is 96.7 Å². The van der Waals surface area contributed by atoms with Crippen LogP contribution in [0.4, 0.5) is 0 Å². The van der Waals surface area contributed by atoms with Crippen LogP contribution in [0.3, 0.4) is 0 Å². The molecule has 2 fully saturated rings. The summed E-state index contributed by atoms with van der Waals surface area (Å²) in [5.41, 5.74) is 2.83. The lowest BCUT2D eigenvalue weighted by Gasteiger charge is -2.47. The molecule has 0 aromatic heterocycles. The number of hydrogen-bond donors (Lipinski definition) is 1. The minimum atomic E-state index is 0.380. The Bertz CT molecular complexity index is 780. The Morgan fingerprint density at radius 3 is 2.31 bits per heavy atom. The molecule has 0 saturated heterocycles. The fourth-order valence-electron chi connectivity index (χ4n) is 10.2. The molecule has 3 rings (SSSR count). The summed E-state index contributed by atoms with van der Waals surface area (Å²) in [5, 5.41) is 4.03. The van der Waals surface area contributed by atoms with E-state index in [1.54, 1.807) is 0 Å². The van der Waals surface area contributed by atoms with Gasteiger partial charge in [-0.2, -0.15) is 0 Å². The first kappa shape index (κ1) is 30.2. The van der Waals surface area contributed by atoms with Gasteiger partial charge in [0.1, 0.15) is 0 Å². The first-order valence-electron chi connectivity index (χ1n) is 15.7. The number of rotatable bonds is 13. The van der Waals surface area contributed by atoms with Gasteiger partial charge < -0.3 is 5.32 Å². The second-order valence-electron chi connectivity index (χ2n) is 14.0. The highest BCUT2D eigenvalue weighted by Crippen LogP contribution is 2.83. The van der Waals surface area contributed by atoms with Gasteiger partial charge in [0.05, 0.1) is 0 Å². The molecular formula is C34H61NS. The molecule has 0 amide bonds. The molecule has 8 unspecified atom stereocenters. The smallest absolute Gasteiger partial charge is 0.0429 e. The van der Waals surface area contributed by atoms with E-state index in [-0.39, 0.29) is 0 Å². The van der Waals surface area contributed by atoms with Crippen LogP contribution >= 0.6 is 11.8 Å². The molecule has 0 radical (unpaired) electrons. The number of allylic oxidation sites excluding steroid dienone is 1. The Hall–Kier alpha value is -0.370. The third-order valence-corrected chi connectivity index (χ3v) is 13.3. The number of likely N-dealkylation sites (N-methyl/N-ethyl adjacent to an activating group) is 1. The Morgan fingerprint density at radius 1 is 1.08 bits per heavy atom. The zero-order valence-corrected chi connectivity index (χ0v) is 26.6. The van der Waals surface area contributed by atoms with Crippen molar-refractivity contribution >= 4 is 11.8 Å². The number of nitrogens with one attached hydrogen (secondary N) is 1. The lowest BCUT2D eigenvalue weighted by molar-refractivity contribution is 0.0342. The van der Waals surface area contributed by atoms with Crippen LogP contribution in [0.15, 0.2) is 23.3 Å². The first-order valence-corrected chi connectivity index (χ1v) is 16.6. The minimum Gasteiger partial charge on any atom is -0.387 e. The summed E-state index contributed by atoms with van der Waals surface area (Å²) in [4.78, 5) is 1.24. The van der Waals surface area contributed by atoms with E-state index < -0.39 is 0 Å². The van der Waals surface area contributed by atoms with Gasteiger partial charge in [0, 0.05) is 22.9 Å². The summed E-state index contributed by atoms with van der Waals surface area (Å²) in [5.74, 6) is 5.09. The highest BCUT2D eigenvalue weighted by atomic mass is 32.2. The van der Waals surface area contributed by atoms with Gasteiger partial charge in [0.25, 0.3) is 0 Å². The van der Waals surface area contributed by atoms with Crippen molar-refractivity contribution < 1.29 is 0 Å². The van der Waals surface area contributed by atoms with Gasteiger partial charge in [-0.15, -0.1) is 11.8 Å². The van der Waals surface area contributed by atoms with Crippen molar-refractivity contribution in [1.82, 2.24) is 5.32 Å². The standard InChI is InChI=1S/C34H61NS/c1-12-15-29(27(14-3)31-19-18-30(35-11)25(7)36-31)32(9,10)21-22-33-24(6)16-17-28(23(4)5)34(33,20-13-2)26(33)8/h18,23-24,26-29,31,35H,7,12-17,19-22H2,1-6,8-11H3. The van der Waals surface area contributed by atoms with Gasteiger partial charge in [-0.1, -0.05) is 94.2 Å². The molecule has 8 atom stereocenters. The summed E-state index contributed by atoms with van der Waals surface area (Å²) >= 11 is 2.06. The van der Waals surface area contributed by atoms with Gasteiger partial charge in [0.15, 0.2) is 0 Å². The number of thioether (sulfide) groups is 1. The van der Waals surface area contributed by atoms with E-state index in [9.17, 15) is 0 Å². The van der Waals surface area contributed by atoms with Crippen molar-refractivity contribution in [2.45, 2.75) is 132 Å². The zero-order chi connectivity index (χ0) is 26.9. The summed E-state index contributed by atoms with van der Waals surface area (Å²) in [6, 6.07) is 0. The van der Waals surface area contributed by atoms with Gasteiger partial charge in [0.2, 0.25) is 0 Å². The molecule has 36 heavy (non-hydrogen) atoms. The summed E-state index contributed by atoms with van der Waals surface area (Å²) in [6.07, 6.45) is 16.1. The Morgan fingerprint density at radius 2 is 1.78 bits per heavy atom. The Kier molecular flexibility index (Phi) is 9.88. The van der Waals surface area contributed by atoms with Crippen LogP contribution in [0.25, 0.3) is 0 Å². The zero-order valence-electron chi connectivity index (χ0n) is 25.8. The molecule has 0 aromatic rings. The predicted molar refractivity (Wildman–Crippen MR) is 163 cm³/mol. The van der Waals surface area contributed by atoms with E-state index in [1.807, 2.05) is 7.05 Å². The SMILES string of the molecule is C=C1SC(C(CC)C(CCC)C(C)(C)CCC23C(C)CCC(C(C)C)C2(CCC)C3C)CC=C1NC. The number of hydrogen-bond acceptors (Lipinski definition) is 2. The largest absolute Gasteiger partial charge is 0.387 e. The van der Waals surface area contributed by atoms with Crippen LogP contribution in [-0.2, 0) is 0 Å². The van der Waals surface area contributed by atoms with E-state index in [0.29, 0.717) is 21.5 Å². The van der Waals surface area contributed by atoms with Crippen molar-refractivity contribution in [3.05, 3.63) is 23.3 Å². The molecule has 0 spiro atoms. The fraction of sp³-hybridized carbons (Fsp3) is 0.882. The van der Waals surface area contributed by atoms with Crippen LogP contribution in [0, 0.1) is 51.8 Å². The molecule has 0 aromatic carbocycles. The molecule has 1 nitrogen and oxygen atoms in total. The van der Waals surface area contributed by atoms with Crippen molar-refractivity contribution in [3.8, 4) is 0 Å². The average molecular weight is 516 g/mol. The third kappa shape index (κ3) is 5.00. The minimum absolute atomic E-state index is 0.380. The highest BCUT2D eigenvalue weighted by molar-refractivity contribution is 8.04. The summed E-state index contributed by atoms with van der Waals surface area (Å²) in [6.45, 7) is 27.3. The van der Waals surface area contributed by atoms with Gasteiger partial charge in [-0.25, -0.2) is 0 Å². The van der Waals surface area contributed by atoms with Crippen LogP contribution in [0.1, 0.15) is 127 Å². The van der Waals surface area contributed by atoms with Gasteiger partial charge in [-0.3, -0.25) is 0 Å². The topological polar surface area (TPSA) is 12.0 Å². The van der Waals surface area contributed by atoms with E-state index >= 15 is 0 Å². The van der Waals surface area contributed by atoms with Crippen LogP contribution < -0.4 is 5.32 Å². The second kappa shape index (κ2) is 11.8. The monoisotopic (exact) mass is 515 g/mol. The molecule has 2 aliphatic carbocycles. The van der Waals surface area contributed by atoms with E-state index in [1.165, 1.54) is 74.8 Å². The van der Waals surface area contributed by atoms with Gasteiger partial charge >= 0.3 is 0 Å². The summed E-state index contributed by atoms with van der Waals surface area (Å²) < 4.78 is 0. The Labute approximate surface area is 230 Å². The van der Waals surface area contributed by atoms with E-state index in [4.69, 9.17) is 0 Å². The second-order valence-corrected chi connectivity index (χ2v) is 15.4. The van der Waals surface area contributed by atoms with Crippen molar-refractivity contribution in [1.29, 1.82) is 0 Å². The maximum atomic E-state index is 4.41.